The Morgan fingerprint density at radius 2 is 0.830 bits per heavy atom. The van der Waals surface area contributed by atoms with Gasteiger partial charge in [-0.3, -0.25) is 0 Å². The van der Waals surface area contributed by atoms with Crippen LogP contribution in [0.25, 0.3) is 99.2 Å². The van der Waals surface area contributed by atoms with Crippen LogP contribution in [0.2, 0.25) is 0 Å². The lowest BCUT2D eigenvalue weighted by atomic mass is 9.90. The number of hydrogen-bond acceptors (Lipinski definition) is 4. The molecule has 10 rings (SSSR count). The maximum Gasteiger partial charge on any atom is 0.164 e. The molecule has 0 amide bonds. The zero-order valence-electron chi connectivity index (χ0n) is 25.2. The van der Waals surface area contributed by atoms with Crippen molar-refractivity contribution in [3.8, 4) is 34.2 Å². The van der Waals surface area contributed by atoms with E-state index in [9.17, 15) is 0 Å². The molecule has 0 unspecified atom stereocenters. The van der Waals surface area contributed by atoms with Crippen molar-refractivity contribution < 1.29 is 4.42 Å². The molecule has 2 heterocycles. The molecule has 10 aromatic rings. The van der Waals surface area contributed by atoms with Crippen LogP contribution in [0, 0.1) is 0 Å². The molecule has 47 heavy (non-hydrogen) atoms. The van der Waals surface area contributed by atoms with Crippen LogP contribution in [0.15, 0.2) is 156 Å². The molecule has 0 spiro atoms. The van der Waals surface area contributed by atoms with E-state index in [1.54, 1.807) is 0 Å². The van der Waals surface area contributed by atoms with Gasteiger partial charge in [-0.25, -0.2) is 15.0 Å². The predicted molar refractivity (Wildman–Crippen MR) is 193 cm³/mol. The van der Waals surface area contributed by atoms with Crippen molar-refractivity contribution in [2.45, 2.75) is 0 Å². The number of benzene rings is 8. The van der Waals surface area contributed by atoms with Gasteiger partial charge in [0.1, 0.15) is 11.2 Å². The molecule has 0 aliphatic heterocycles. The first-order valence-corrected chi connectivity index (χ1v) is 15.8. The highest BCUT2D eigenvalue weighted by Crippen LogP contribution is 2.44. The summed E-state index contributed by atoms with van der Waals surface area (Å²) in [5, 5.41) is 11.8. The lowest BCUT2D eigenvalue weighted by Gasteiger charge is -2.13. The van der Waals surface area contributed by atoms with E-state index in [1.807, 2.05) is 60.7 Å². The minimum atomic E-state index is 0.641. The molecule has 8 aromatic carbocycles. The van der Waals surface area contributed by atoms with E-state index in [0.717, 1.165) is 44.0 Å². The molecule has 0 bridgehead atoms. The Balaban J connectivity index is 1.31. The SMILES string of the molecule is c1ccc(-c2nc(-c3ccccc3)nc(-c3ccc4c(c3)c3ccccc3c3ccc5oc6ccc7ccccc7c6c5c34)n2)cc1. The van der Waals surface area contributed by atoms with Crippen LogP contribution >= 0.6 is 0 Å². The van der Waals surface area contributed by atoms with Gasteiger partial charge in [-0.1, -0.05) is 127 Å². The number of aromatic nitrogens is 3. The van der Waals surface area contributed by atoms with Crippen LogP contribution in [0.4, 0.5) is 0 Å². The quantitative estimate of drug-likeness (QED) is 0.190. The van der Waals surface area contributed by atoms with Crippen LogP contribution in [0.5, 0.6) is 0 Å². The van der Waals surface area contributed by atoms with Crippen molar-refractivity contribution in [2.24, 2.45) is 0 Å². The molecule has 0 aliphatic rings. The van der Waals surface area contributed by atoms with Crippen molar-refractivity contribution in [3.05, 3.63) is 152 Å². The molecule has 0 atom stereocenters. The number of rotatable bonds is 3. The molecule has 0 saturated carbocycles. The summed E-state index contributed by atoms with van der Waals surface area (Å²) in [6.45, 7) is 0. The Hall–Kier alpha value is -6.39. The van der Waals surface area contributed by atoms with E-state index in [0.29, 0.717) is 17.5 Å². The minimum Gasteiger partial charge on any atom is -0.456 e. The summed E-state index contributed by atoms with van der Waals surface area (Å²) >= 11 is 0. The standard InChI is InChI=1S/C43H25N3O/c1-3-12-27(13-4-1)41-44-42(28-14-5-2-6-15-28)46-43(45-41)29-19-21-34-35(25-29)32-18-10-9-17-31(32)33-22-24-37-40(38(33)34)39-30-16-8-7-11-26(30)20-23-36(39)47-37/h1-25H. The highest BCUT2D eigenvalue weighted by atomic mass is 16.3. The topological polar surface area (TPSA) is 51.8 Å². The highest BCUT2D eigenvalue weighted by molar-refractivity contribution is 6.37. The summed E-state index contributed by atoms with van der Waals surface area (Å²) in [5.74, 6) is 1.94. The van der Waals surface area contributed by atoms with Crippen molar-refractivity contribution in [2.75, 3.05) is 0 Å². The predicted octanol–water partition coefficient (Wildman–Crippen LogP) is 11.4. The average molecular weight is 600 g/mol. The van der Waals surface area contributed by atoms with Crippen molar-refractivity contribution in [1.82, 2.24) is 15.0 Å². The van der Waals surface area contributed by atoms with Gasteiger partial charge >= 0.3 is 0 Å². The second-order valence-corrected chi connectivity index (χ2v) is 12.0. The molecule has 0 saturated heterocycles. The fourth-order valence-corrected chi connectivity index (χ4v) is 7.15. The molecule has 4 nitrogen and oxygen atoms in total. The van der Waals surface area contributed by atoms with Crippen molar-refractivity contribution >= 4 is 65.0 Å². The molecular weight excluding hydrogens is 574 g/mol. The number of hydrogen-bond donors (Lipinski definition) is 0. The second-order valence-electron chi connectivity index (χ2n) is 12.0. The Morgan fingerprint density at radius 1 is 0.319 bits per heavy atom. The van der Waals surface area contributed by atoms with Crippen molar-refractivity contribution in [1.29, 1.82) is 0 Å². The maximum absolute atomic E-state index is 6.51. The lowest BCUT2D eigenvalue weighted by molar-refractivity contribution is 0.669. The largest absolute Gasteiger partial charge is 0.456 e. The van der Waals surface area contributed by atoms with E-state index in [2.05, 4.69) is 91.0 Å². The zero-order valence-corrected chi connectivity index (χ0v) is 25.2. The Labute approximate surface area is 269 Å². The normalized spacial score (nSPS) is 11.8. The molecule has 218 valence electrons. The number of nitrogens with zero attached hydrogens (tertiary/aromatic N) is 3. The monoisotopic (exact) mass is 599 g/mol. The summed E-state index contributed by atoms with van der Waals surface area (Å²) in [6, 6.07) is 52.6. The first kappa shape index (κ1) is 25.9. The Morgan fingerprint density at radius 3 is 1.53 bits per heavy atom. The highest BCUT2D eigenvalue weighted by Gasteiger charge is 2.19. The molecular formula is C43H25N3O. The summed E-state index contributed by atoms with van der Waals surface area (Å²) < 4.78 is 6.51. The third kappa shape index (κ3) is 3.98. The van der Waals surface area contributed by atoms with Gasteiger partial charge in [-0.05, 0) is 62.0 Å². The molecule has 0 N–H and O–H groups in total. The van der Waals surface area contributed by atoms with Gasteiger partial charge < -0.3 is 4.42 Å². The number of furan rings is 1. The second kappa shape index (κ2) is 10.1. The summed E-state index contributed by atoms with van der Waals surface area (Å²) in [7, 11) is 0. The van der Waals surface area contributed by atoms with E-state index in [4.69, 9.17) is 19.4 Å². The number of fused-ring (bicyclic) bond motifs is 12. The van der Waals surface area contributed by atoms with Gasteiger partial charge in [0.2, 0.25) is 0 Å². The molecule has 0 fully saturated rings. The Kier molecular flexibility index (Phi) is 5.54. The molecule has 2 aromatic heterocycles. The molecule has 0 aliphatic carbocycles. The average Bonchev–Trinajstić information content (AvgIpc) is 3.55. The van der Waals surface area contributed by atoms with Crippen LogP contribution < -0.4 is 0 Å². The molecule has 4 heteroatoms. The fourth-order valence-electron chi connectivity index (χ4n) is 7.15. The van der Waals surface area contributed by atoms with Gasteiger partial charge in [-0.15, -0.1) is 0 Å². The zero-order chi connectivity index (χ0) is 30.9. The van der Waals surface area contributed by atoms with Gasteiger partial charge in [0.15, 0.2) is 17.5 Å². The van der Waals surface area contributed by atoms with Gasteiger partial charge in [-0.2, -0.15) is 0 Å². The third-order valence-electron chi connectivity index (χ3n) is 9.28. The van der Waals surface area contributed by atoms with E-state index >= 15 is 0 Å². The smallest absolute Gasteiger partial charge is 0.164 e. The first-order chi connectivity index (χ1) is 23.3. The fraction of sp³-hybridized carbons (Fsp3) is 0. The van der Waals surface area contributed by atoms with Crippen LogP contribution in [0.1, 0.15) is 0 Å². The molecule has 0 radical (unpaired) electrons. The van der Waals surface area contributed by atoms with Crippen LogP contribution in [0.3, 0.4) is 0 Å². The van der Waals surface area contributed by atoms with Gasteiger partial charge in [0.25, 0.3) is 0 Å². The lowest BCUT2D eigenvalue weighted by Crippen LogP contribution is -2.00. The van der Waals surface area contributed by atoms with Gasteiger partial charge in [0, 0.05) is 32.8 Å². The van der Waals surface area contributed by atoms with Gasteiger partial charge in [0.05, 0.1) is 0 Å². The Bertz CT molecular complexity index is 2780. The minimum absolute atomic E-state index is 0.641. The summed E-state index contributed by atoms with van der Waals surface area (Å²) in [5.41, 5.74) is 4.63. The van der Waals surface area contributed by atoms with Crippen LogP contribution in [-0.4, -0.2) is 15.0 Å². The maximum atomic E-state index is 6.51. The van der Waals surface area contributed by atoms with Crippen LogP contribution in [-0.2, 0) is 0 Å². The third-order valence-corrected chi connectivity index (χ3v) is 9.28. The van der Waals surface area contributed by atoms with E-state index < -0.39 is 0 Å². The summed E-state index contributed by atoms with van der Waals surface area (Å²) in [4.78, 5) is 15.0. The van der Waals surface area contributed by atoms with E-state index in [1.165, 1.54) is 37.7 Å². The summed E-state index contributed by atoms with van der Waals surface area (Å²) in [6.07, 6.45) is 0. The van der Waals surface area contributed by atoms with E-state index in [-0.39, 0.29) is 0 Å². The first-order valence-electron chi connectivity index (χ1n) is 15.8. The van der Waals surface area contributed by atoms with Crippen molar-refractivity contribution in [3.63, 3.8) is 0 Å².